The molecule has 0 saturated carbocycles. The summed E-state index contributed by atoms with van der Waals surface area (Å²) in [5.41, 5.74) is 0.604. The largest absolute Gasteiger partial charge is 0.351 e. The molecular weight excluding hydrogens is 274 g/mol. The van der Waals surface area contributed by atoms with Crippen LogP contribution >= 0.6 is 11.3 Å². The van der Waals surface area contributed by atoms with Crippen molar-refractivity contribution < 1.29 is 4.79 Å². The topological polar surface area (TPSA) is 64.0 Å². The number of aromatic nitrogens is 2. The van der Waals surface area contributed by atoms with Crippen LogP contribution in [0.4, 0.5) is 0 Å². The number of carbonyl (C=O) groups is 1. The van der Waals surface area contributed by atoms with E-state index in [4.69, 9.17) is 0 Å². The van der Waals surface area contributed by atoms with Crippen LogP contribution in [-0.2, 0) is 11.3 Å². The predicted octanol–water partition coefficient (Wildman–Crippen LogP) is 1.44. The summed E-state index contributed by atoms with van der Waals surface area (Å²) >= 11 is 1.57. The Kier molecular flexibility index (Phi) is 4.84. The first-order valence-corrected chi connectivity index (χ1v) is 7.07. The van der Waals surface area contributed by atoms with Gasteiger partial charge in [0, 0.05) is 23.6 Å². The second kappa shape index (κ2) is 6.81. The van der Waals surface area contributed by atoms with Crippen molar-refractivity contribution in [3.05, 3.63) is 56.6 Å². The normalized spacial score (nSPS) is 10.8. The summed E-state index contributed by atoms with van der Waals surface area (Å²) in [6, 6.07) is 7.00. The molecule has 1 amide bonds. The number of thiophene rings is 1. The molecule has 0 aliphatic heterocycles. The number of nitrogens with zero attached hydrogens (tertiary/aromatic N) is 2. The van der Waals surface area contributed by atoms with Gasteiger partial charge in [-0.05, 0) is 30.5 Å². The van der Waals surface area contributed by atoms with Crippen LogP contribution < -0.4 is 10.9 Å². The lowest BCUT2D eigenvalue weighted by Crippen LogP contribution is -2.31. The highest BCUT2D eigenvalue weighted by Crippen LogP contribution is 2.09. The zero-order valence-electron chi connectivity index (χ0n) is 11.1. The molecule has 0 bridgehead atoms. The molecule has 0 fully saturated rings. The van der Waals surface area contributed by atoms with E-state index in [1.807, 2.05) is 24.4 Å². The Balaban J connectivity index is 1.82. The molecule has 0 radical (unpaired) electrons. The van der Waals surface area contributed by atoms with Gasteiger partial charge in [0.1, 0.15) is 0 Å². The molecule has 20 heavy (non-hydrogen) atoms. The fourth-order valence-corrected chi connectivity index (χ4v) is 2.22. The van der Waals surface area contributed by atoms with E-state index in [0.717, 1.165) is 10.6 Å². The molecule has 0 saturated heterocycles. The van der Waals surface area contributed by atoms with Gasteiger partial charge in [-0.25, -0.2) is 4.68 Å². The average Bonchev–Trinajstić information content (AvgIpc) is 2.93. The van der Waals surface area contributed by atoms with E-state index in [1.165, 1.54) is 16.8 Å². The first kappa shape index (κ1) is 14.2. The van der Waals surface area contributed by atoms with Crippen LogP contribution in [0.1, 0.15) is 10.6 Å². The van der Waals surface area contributed by atoms with E-state index in [1.54, 1.807) is 23.5 Å². The Bertz CT molecular complexity index is 659. The second-order valence-corrected chi connectivity index (χ2v) is 5.16. The summed E-state index contributed by atoms with van der Waals surface area (Å²) in [6.07, 6.45) is 3.25. The van der Waals surface area contributed by atoms with Crippen molar-refractivity contribution in [1.82, 2.24) is 15.1 Å². The maximum absolute atomic E-state index is 11.6. The highest BCUT2D eigenvalue weighted by molar-refractivity contribution is 7.10. The van der Waals surface area contributed by atoms with Crippen molar-refractivity contribution in [2.45, 2.75) is 13.5 Å². The summed E-state index contributed by atoms with van der Waals surface area (Å²) in [4.78, 5) is 24.1. The third-order valence-corrected chi connectivity index (χ3v) is 3.40. The van der Waals surface area contributed by atoms with E-state index >= 15 is 0 Å². The van der Waals surface area contributed by atoms with E-state index < -0.39 is 0 Å². The maximum Gasteiger partial charge on any atom is 0.266 e. The zero-order valence-corrected chi connectivity index (χ0v) is 11.9. The number of rotatable bonds is 5. The molecule has 0 unspecified atom stereocenters. The Morgan fingerprint density at radius 1 is 1.45 bits per heavy atom. The van der Waals surface area contributed by atoms with Crippen molar-refractivity contribution in [3.8, 4) is 0 Å². The van der Waals surface area contributed by atoms with Crippen LogP contribution in [-0.4, -0.2) is 22.2 Å². The lowest BCUT2D eigenvalue weighted by Gasteiger charge is -2.05. The predicted molar refractivity (Wildman–Crippen MR) is 79.6 cm³/mol. The Hall–Kier alpha value is -2.21. The number of aryl methyl sites for hydroxylation is 1. The molecule has 0 atom stereocenters. The quantitative estimate of drug-likeness (QED) is 0.847. The summed E-state index contributed by atoms with van der Waals surface area (Å²) < 4.78 is 1.35. The molecule has 6 heteroatoms. The average molecular weight is 289 g/mol. The van der Waals surface area contributed by atoms with Gasteiger partial charge < -0.3 is 5.32 Å². The van der Waals surface area contributed by atoms with Gasteiger partial charge in [-0.2, -0.15) is 5.10 Å². The highest BCUT2D eigenvalue weighted by Gasteiger charge is 1.99. The molecule has 2 rings (SSSR count). The van der Waals surface area contributed by atoms with Gasteiger partial charge in [0.25, 0.3) is 5.56 Å². The van der Waals surface area contributed by atoms with Gasteiger partial charge in [0.15, 0.2) is 0 Å². The molecule has 0 spiro atoms. The van der Waals surface area contributed by atoms with E-state index in [9.17, 15) is 9.59 Å². The maximum atomic E-state index is 11.6. The standard InChI is InChI=1S/C14H15N3O2S/c1-11-4-7-14(19)17(16-11)9-8-15-13(18)6-5-12-3-2-10-20-12/h2-7,10H,8-9H2,1H3,(H,15,18)/b6-5+. The van der Waals surface area contributed by atoms with Crippen molar-refractivity contribution in [3.63, 3.8) is 0 Å². The smallest absolute Gasteiger partial charge is 0.266 e. The van der Waals surface area contributed by atoms with E-state index in [2.05, 4.69) is 10.4 Å². The van der Waals surface area contributed by atoms with Crippen LogP contribution in [0.3, 0.4) is 0 Å². The Labute approximate surface area is 120 Å². The third-order valence-electron chi connectivity index (χ3n) is 2.56. The lowest BCUT2D eigenvalue weighted by atomic mass is 10.4. The van der Waals surface area contributed by atoms with E-state index in [-0.39, 0.29) is 11.5 Å². The zero-order chi connectivity index (χ0) is 14.4. The minimum atomic E-state index is -0.181. The lowest BCUT2D eigenvalue weighted by molar-refractivity contribution is -0.116. The molecule has 0 aliphatic carbocycles. The molecule has 104 valence electrons. The Morgan fingerprint density at radius 2 is 2.30 bits per heavy atom. The summed E-state index contributed by atoms with van der Waals surface area (Å²) in [7, 11) is 0. The molecule has 0 aliphatic rings. The van der Waals surface area contributed by atoms with Gasteiger partial charge in [-0.3, -0.25) is 9.59 Å². The molecule has 1 N–H and O–H groups in total. The number of carbonyl (C=O) groups excluding carboxylic acids is 1. The minimum Gasteiger partial charge on any atom is -0.351 e. The molecule has 0 aromatic carbocycles. The fraction of sp³-hybridized carbons (Fsp3) is 0.214. The van der Waals surface area contributed by atoms with Crippen LogP contribution in [0.25, 0.3) is 6.08 Å². The van der Waals surface area contributed by atoms with Crippen molar-refractivity contribution in [2.24, 2.45) is 0 Å². The second-order valence-electron chi connectivity index (χ2n) is 4.18. The Morgan fingerprint density at radius 3 is 3.05 bits per heavy atom. The number of amides is 1. The molecular formula is C14H15N3O2S. The number of hydrogen-bond donors (Lipinski definition) is 1. The first-order valence-electron chi connectivity index (χ1n) is 6.19. The number of nitrogens with one attached hydrogen (secondary N) is 1. The minimum absolute atomic E-state index is 0.168. The van der Waals surface area contributed by atoms with Crippen LogP contribution in [0, 0.1) is 6.92 Å². The third kappa shape index (κ3) is 4.17. The van der Waals surface area contributed by atoms with Gasteiger partial charge in [0.2, 0.25) is 5.91 Å². The van der Waals surface area contributed by atoms with Crippen molar-refractivity contribution in [1.29, 1.82) is 0 Å². The van der Waals surface area contributed by atoms with Crippen LogP contribution in [0.5, 0.6) is 0 Å². The fourth-order valence-electron chi connectivity index (χ4n) is 1.60. The van der Waals surface area contributed by atoms with Crippen LogP contribution in [0.15, 0.2) is 40.5 Å². The molecule has 2 aromatic rings. The SMILES string of the molecule is Cc1ccc(=O)n(CCNC(=O)/C=C/c2cccs2)n1. The molecule has 2 aromatic heterocycles. The van der Waals surface area contributed by atoms with Gasteiger partial charge in [0.05, 0.1) is 12.2 Å². The van der Waals surface area contributed by atoms with E-state index in [0.29, 0.717) is 13.1 Å². The van der Waals surface area contributed by atoms with Crippen molar-refractivity contribution >= 4 is 23.3 Å². The first-order chi connectivity index (χ1) is 9.65. The highest BCUT2D eigenvalue weighted by atomic mass is 32.1. The van der Waals surface area contributed by atoms with Crippen LogP contribution in [0.2, 0.25) is 0 Å². The molecule has 5 nitrogen and oxygen atoms in total. The van der Waals surface area contributed by atoms with Gasteiger partial charge >= 0.3 is 0 Å². The number of hydrogen-bond acceptors (Lipinski definition) is 4. The van der Waals surface area contributed by atoms with Gasteiger partial charge in [-0.15, -0.1) is 11.3 Å². The molecule has 2 heterocycles. The van der Waals surface area contributed by atoms with Gasteiger partial charge in [-0.1, -0.05) is 6.07 Å². The monoisotopic (exact) mass is 289 g/mol. The summed E-state index contributed by atoms with van der Waals surface area (Å²) in [6.45, 7) is 2.54. The summed E-state index contributed by atoms with van der Waals surface area (Å²) in [5, 5.41) is 8.76. The van der Waals surface area contributed by atoms with Crippen molar-refractivity contribution in [2.75, 3.05) is 6.54 Å². The summed E-state index contributed by atoms with van der Waals surface area (Å²) in [5.74, 6) is -0.181.